The molecule has 13 atom stereocenters. The van der Waals surface area contributed by atoms with Crippen molar-refractivity contribution in [3.05, 3.63) is 0 Å². The summed E-state index contributed by atoms with van der Waals surface area (Å²) in [5, 5.41) is 60.9. The van der Waals surface area contributed by atoms with Gasteiger partial charge in [0.15, 0.2) is 12.4 Å². The van der Waals surface area contributed by atoms with Crippen LogP contribution in [0.4, 0.5) is 0 Å². The molecule has 2 fully saturated rings. The third kappa shape index (κ3) is 42.3. The van der Waals surface area contributed by atoms with Gasteiger partial charge in [0.1, 0.15) is 48.8 Å². The molecular formula is C71H135N2O19P. The number of rotatable bonds is 62. The topological polar surface area (TPSA) is 316 Å². The number of aliphatic hydroxyl groups excluding tert-OH is 4. The lowest BCUT2D eigenvalue weighted by Crippen LogP contribution is -2.68. The van der Waals surface area contributed by atoms with Gasteiger partial charge in [-0.2, -0.15) is 0 Å². The number of hydrogen-bond donors (Lipinski definition) is 9. The number of aliphatic carboxylic acids is 1. The van der Waals surface area contributed by atoms with Gasteiger partial charge in [-0.1, -0.05) is 259 Å². The van der Waals surface area contributed by atoms with Crippen LogP contribution in [0.2, 0.25) is 0 Å². The van der Waals surface area contributed by atoms with Gasteiger partial charge in [0, 0.05) is 26.4 Å². The van der Waals surface area contributed by atoms with Crippen molar-refractivity contribution in [2.75, 3.05) is 26.4 Å². The summed E-state index contributed by atoms with van der Waals surface area (Å²) in [5.74, 6) is -3.18. The predicted molar refractivity (Wildman–Crippen MR) is 362 cm³/mol. The Morgan fingerprint density at radius 3 is 1.38 bits per heavy atom. The fourth-order valence-electron chi connectivity index (χ4n) is 12.8. The van der Waals surface area contributed by atoms with Crippen molar-refractivity contribution in [2.24, 2.45) is 0 Å². The highest BCUT2D eigenvalue weighted by molar-refractivity contribution is 7.46. The Morgan fingerprint density at radius 2 is 0.925 bits per heavy atom. The molecule has 548 valence electrons. The third-order valence-corrected chi connectivity index (χ3v) is 18.8. The molecule has 93 heavy (non-hydrogen) atoms. The summed E-state index contributed by atoms with van der Waals surface area (Å²) >= 11 is 0. The van der Waals surface area contributed by atoms with Gasteiger partial charge in [-0.05, 0) is 38.5 Å². The summed E-state index contributed by atoms with van der Waals surface area (Å²) in [4.78, 5) is 73.7. The van der Waals surface area contributed by atoms with Crippen molar-refractivity contribution in [2.45, 2.75) is 403 Å². The summed E-state index contributed by atoms with van der Waals surface area (Å²) in [7, 11) is -5.35. The number of aliphatic hydroxyl groups is 4. The van der Waals surface area contributed by atoms with Crippen LogP contribution in [-0.2, 0) is 56.7 Å². The largest absolute Gasteiger partial charge is 0.479 e. The normalized spacial score (nSPS) is 22.7. The third-order valence-electron chi connectivity index (χ3n) is 18.3. The minimum Gasteiger partial charge on any atom is -0.479 e. The maximum absolute atomic E-state index is 13.7. The van der Waals surface area contributed by atoms with E-state index in [1.54, 1.807) is 0 Å². The smallest absolute Gasteiger partial charge is 0.470 e. The van der Waals surface area contributed by atoms with Crippen LogP contribution in [0, 0.1) is 0 Å². The van der Waals surface area contributed by atoms with Crippen LogP contribution in [0.1, 0.15) is 324 Å². The Labute approximate surface area is 561 Å². The molecule has 0 aliphatic carbocycles. The van der Waals surface area contributed by atoms with E-state index in [-0.39, 0.29) is 44.9 Å². The second kappa shape index (κ2) is 55.5. The monoisotopic (exact) mass is 1350 g/mol. The molecule has 9 N–H and O–H groups in total. The van der Waals surface area contributed by atoms with Crippen molar-refractivity contribution in [1.29, 1.82) is 0 Å². The van der Waals surface area contributed by atoms with Crippen LogP contribution in [0.15, 0.2) is 0 Å². The van der Waals surface area contributed by atoms with Gasteiger partial charge in [0.2, 0.25) is 11.8 Å². The minimum absolute atomic E-state index is 0.135. The van der Waals surface area contributed by atoms with Crippen molar-refractivity contribution in [1.82, 2.24) is 10.6 Å². The highest BCUT2D eigenvalue weighted by Crippen LogP contribution is 2.42. The number of unbranched alkanes of at least 4 members (excludes halogenated alkanes) is 34. The maximum Gasteiger partial charge on any atom is 0.470 e. The van der Waals surface area contributed by atoms with E-state index in [9.17, 15) is 59.1 Å². The molecule has 0 bridgehead atoms. The molecule has 2 heterocycles. The molecular weight excluding hydrogens is 1220 g/mol. The summed E-state index contributed by atoms with van der Waals surface area (Å²) in [5.41, 5.74) is 0. The minimum atomic E-state index is -5.35. The number of hydrogen-bond acceptors (Lipinski definition) is 16. The second-order valence-electron chi connectivity index (χ2n) is 26.9. The average molecular weight is 1350 g/mol. The molecule has 2 rings (SSSR count). The van der Waals surface area contributed by atoms with Gasteiger partial charge in [0.05, 0.1) is 44.5 Å². The van der Waals surface area contributed by atoms with Crippen LogP contribution in [0.5, 0.6) is 0 Å². The molecule has 21 nitrogen and oxygen atoms in total. The lowest BCUT2D eigenvalue weighted by atomic mass is 9.91. The molecule has 0 aromatic carbocycles. The number of phosphoric acid groups is 1. The zero-order valence-electron chi connectivity index (χ0n) is 58.6. The molecule has 0 aromatic rings. The van der Waals surface area contributed by atoms with Crippen molar-refractivity contribution in [3.63, 3.8) is 0 Å². The summed E-state index contributed by atoms with van der Waals surface area (Å²) < 4.78 is 55.0. The first-order chi connectivity index (χ1) is 44.9. The van der Waals surface area contributed by atoms with Crippen molar-refractivity contribution in [3.8, 4) is 0 Å². The van der Waals surface area contributed by atoms with Gasteiger partial charge >= 0.3 is 19.8 Å². The van der Waals surface area contributed by atoms with E-state index in [4.69, 9.17) is 32.9 Å². The fraction of sp³-hybridized carbons (Fsp3) is 0.944. The summed E-state index contributed by atoms with van der Waals surface area (Å²) in [6, 6.07) is -2.91. The lowest BCUT2D eigenvalue weighted by molar-refractivity contribution is -0.289. The van der Waals surface area contributed by atoms with Crippen LogP contribution in [0.25, 0.3) is 0 Å². The molecule has 0 radical (unpaired) electrons. The van der Waals surface area contributed by atoms with Crippen molar-refractivity contribution >= 4 is 31.6 Å². The summed E-state index contributed by atoms with van der Waals surface area (Å²) in [6.45, 7) is 8.13. The predicted octanol–water partition coefficient (Wildman–Crippen LogP) is 13.4. The SMILES string of the molecule is CCCCCCCCCCCCCC(=O)O[C@H](CCCCCCCCCCC)CCO[C@H]1[C@H](OP(=O)(O)O)[C@@H](CO)OC(OC[C@H]2O[C@H](C(=O)O)[C@H](NC(=O)C[C@H](O)CCCCCCCCCCC)[C@@H](OCC[C@H](O)CCCCCCCCCCC)[C@@H]2O)[C@@H]1NC(C)=O. The Kier molecular flexibility index (Phi) is 51.8. The number of nitrogens with one attached hydrogen (secondary N) is 2. The second-order valence-corrected chi connectivity index (χ2v) is 28.1. The summed E-state index contributed by atoms with van der Waals surface area (Å²) in [6.07, 6.45) is 28.4. The first-order valence-electron chi connectivity index (χ1n) is 37.4. The number of phosphoric ester groups is 1. The quantitative estimate of drug-likeness (QED) is 0.0155. The average Bonchev–Trinajstić information content (AvgIpc) is 0.861. The number of ether oxygens (including phenoxy) is 6. The van der Waals surface area contributed by atoms with Gasteiger partial charge < -0.3 is 74.4 Å². The van der Waals surface area contributed by atoms with Crippen LogP contribution < -0.4 is 10.6 Å². The van der Waals surface area contributed by atoms with Gasteiger partial charge in [-0.25, -0.2) is 9.36 Å². The zero-order valence-corrected chi connectivity index (χ0v) is 59.5. The van der Waals surface area contributed by atoms with E-state index >= 15 is 0 Å². The number of carboxylic acids is 1. The number of amides is 2. The fourth-order valence-corrected chi connectivity index (χ4v) is 13.4. The van der Waals surface area contributed by atoms with Gasteiger partial charge in [0.25, 0.3) is 0 Å². The standard InChI is InChI=1S/C71H135N2O19P/c1-6-10-14-18-22-26-27-31-35-39-43-47-62(79)89-58(46-42-38-34-30-25-21-17-13-9-4)49-51-87-68-64(72-55(5)75)71(91-59(53-74)66(68)92-93(83,84)85)88-54-60-65(80)67(86-50-48-56(76)44-40-36-32-28-23-19-15-11-7-2)63(69(90-60)70(81)82)73-61(78)52-57(77)45-41-37-33-29-24-20-16-12-8-3/h56-60,63-69,71,74,76-77,80H,6-54H2,1-5H3,(H,72,75)(H,73,78)(H,81,82)(H2,83,84,85)/t56-,57-,58-,59-,60-,63-,64-,65-,66-,67-,68-,69+,71?/m1/s1. The number of carbonyl (C=O) groups is 4. The van der Waals surface area contributed by atoms with Crippen LogP contribution >= 0.6 is 7.82 Å². The molecule has 22 heteroatoms. The van der Waals surface area contributed by atoms with E-state index in [1.807, 2.05) is 0 Å². The molecule has 2 saturated heterocycles. The first kappa shape index (κ1) is 86.7. The molecule has 0 aromatic heterocycles. The Hall–Kier alpha value is -2.37. The van der Waals surface area contributed by atoms with E-state index < -0.39 is 118 Å². The molecule has 1 unspecified atom stereocenters. The lowest BCUT2D eigenvalue weighted by Gasteiger charge is -2.47. The maximum atomic E-state index is 13.7. The molecule has 2 aliphatic heterocycles. The molecule has 2 amide bonds. The van der Waals surface area contributed by atoms with E-state index in [1.165, 1.54) is 135 Å². The number of carbonyl (C=O) groups excluding carboxylic acids is 3. The Morgan fingerprint density at radius 1 is 0.495 bits per heavy atom. The first-order valence-corrected chi connectivity index (χ1v) is 39.0. The van der Waals surface area contributed by atoms with E-state index in [0.29, 0.717) is 32.1 Å². The van der Waals surface area contributed by atoms with E-state index in [2.05, 4.69) is 38.3 Å². The number of carboxylic acid groups (broad SMARTS) is 1. The highest BCUT2D eigenvalue weighted by Gasteiger charge is 2.53. The highest BCUT2D eigenvalue weighted by atomic mass is 31.2. The van der Waals surface area contributed by atoms with Crippen LogP contribution in [-0.4, -0.2) is 165 Å². The Balaban J connectivity index is 2.35. The van der Waals surface area contributed by atoms with E-state index in [0.717, 1.165) is 103 Å². The van der Waals surface area contributed by atoms with Crippen LogP contribution in [0.3, 0.4) is 0 Å². The Bertz CT molecular complexity index is 1900. The molecule has 2 aliphatic rings. The number of esters is 1. The molecule has 0 saturated carbocycles. The van der Waals surface area contributed by atoms with Gasteiger partial charge in [-0.3, -0.25) is 18.9 Å². The van der Waals surface area contributed by atoms with Crippen molar-refractivity contribution < 1.29 is 92.0 Å². The molecule has 0 spiro atoms. The zero-order chi connectivity index (χ0) is 68.3. The van der Waals surface area contributed by atoms with Gasteiger partial charge in [-0.15, -0.1) is 0 Å².